The summed E-state index contributed by atoms with van der Waals surface area (Å²) in [7, 11) is 0. The molecule has 1 atom stereocenters. The molecule has 1 aliphatic rings. The first kappa shape index (κ1) is 23.7. The van der Waals surface area contributed by atoms with Crippen molar-refractivity contribution in [1.82, 2.24) is 20.3 Å². The molecule has 0 bridgehead atoms. The molecule has 0 radical (unpaired) electrons. The van der Waals surface area contributed by atoms with Crippen LogP contribution in [0.2, 0.25) is 0 Å². The average molecular weight is 486 g/mol. The zero-order valence-corrected chi connectivity index (χ0v) is 19.9. The van der Waals surface area contributed by atoms with Gasteiger partial charge in [-0.05, 0) is 43.2 Å². The lowest BCUT2D eigenvalue weighted by Crippen LogP contribution is -2.48. The molecule has 4 aromatic rings. The SMILES string of the molecule is O=C(NC1CCCCC1)[C@H](c1ccccc1F)N(C(=O)Cn1nnc2ccccc21)c1ccccc1. The van der Waals surface area contributed by atoms with Gasteiger partial charge in [0, 0.05) is 17.3 Å². The molecule has 5 rings (SSSR count). The van der Waals surface area contributed by atoms with Gasteiger partial charge in [0.25, 0.3) is 0 Å². The lowest BCUT2D eigenvalue weighted by molar-refractivity contribution is -0.127. The number of benzene rings is 3. The fourth-order valence-corrected chi connectivity index (χ4v) is 4.89. The molecule has 1 aromatic heterocycles. The van der Waals surface area contributed by atoms with Crippen molar-refractivity contribution >= 4 is 28.5 Å². The highest BCUT2D eigenvalue weighted by Gasteiger charge is 2.36. The maximum Gasteiger partial charge on any atom is 0.249 e. The van der Waals surface area contributed by atoms with E-state index in [9.17, 15) is 9.59 Å². The quantitative estimate of drug-likeness (QED) is 0.408. The molecular formula is C28H28FN5O2. The Balaban J connectivity index is 1.55. The zero-order valence-electron chi connectivity index (χ0n) is 19.9. The summed E-state index contributed by atoms with van der Waals surface area (Å²) in [5.74, 6) is -1.34. The van der Waals surface area contributed by atoms with Crippen LogP contribution in [0.4, 0.5) is 10.1 Å². The van der Waals surface area contributed by atoms with Crippen LogP contribution >= 0.6 is 0 Å². The number of nitrogens with zero attached hydrogens (tertiary/aromatic N) is 4. The molecule has 184 valence electrons. The van der Waals surface area contributed by atoms with Gasteiger partial charge >= 0.3 is 0 Å². The third-order valence-electron chi connectivity index (χ3n) is 6.67. The fraction of sp³-hybridized carbons (Fsp3) is 0.286. The summed E-state index contributed by atoms with van der Waals surface area (Å²) in [6, 6.07) is 21.2. The Morgan fingerprint density at radius 1 is 0.944 bits per heavy atom. The van der Waals surface area contributed by atoms with Crippen LogP contribution in [-0.2, 0) is 16.1 Å². The van der Waals surface area contributed by atoms with Crippen molar-refractivity contribution in [3.63, 3.8) is 0 Å². The molecule has 36 heavy (non-hydrogen) atoms. The molecule has 0 spiro atoms. The Morgan fingerprint density at radius 3 is 2.42 bits per heavy atom. The second-order valence-electron chi connectivity index (χ2n) is 9.10. The number of hydrogen-bond acceptors (Lipinski definition) is 4. The molecule has 3 aromatic carbocycles. The van der Waals surface area contributed by atoms with Gasteiger partial charge in [-0.1, -0.05) is 73.0 Å². The molecule has 1 saturated carbocycles. The van der Waals surface area contributed by atoms with Crippen molar-refractivity contribution in [1.29, 1.82) is 0 Å². The van der Waals surface area contributed by atoms with Crippen LogP contribution in [0.25, 0.3) is 11.0 Å². The second kappa shape index (κ2) is 10.7. The number of fused-ring (bicyclic) bond motifs is 1. The number of carbonyl (C=O) groups is 2. The summed E-state index contributed by atoms with van der Waals surface area (Å²) < 4.78 is 16.7. The van der Waals surface area contributed by atoms with Crippen LogP contribution in [0.5, 0.6) is 0 Å². The Hall–Kier alpha value is -4.07. The van der Waals surface area contributed by atoms with Crippen molar-refractivity contribution in [2.24, 2.45) is 0 Å². The number of carbonyl (C=O) groups excluding carboxylic acids is 2. The van der Waals surface area contributed by atoms with Crippen LogP contribution in [0.3, 0.4) is 0 Å². The van der Waals surface area contributed by atoms with Gasteiger partial charge in [0.1, 0.15) is 23.9 Å². The summed E-state index contributed by atoms with van der Waals surface area (Å²) in [5.41, 5.74) is 2.01. The molecule has 2 amide bonds. The smallest absolute Gasteiger partial charge is 0.249 e. The monoisotopic (exact) mass is 485 g/mol. The standard InChI is InChI=1S/C28H28FN5O2/c29-23-16-8-7-15-22(23)27(28(36)30-20-11-3-1-4-12-20)34(21-13-5-2-6-14-21)26(35)19-33-25-18-10-9-17-24(25)31-32-33/h2,5-10,13-18,20,27H,1,3-4,11-12,19H2,(H,30,36)/t27-/m0/s1. The Labute approximate surface area is 208 Å². The van der Waals surface area contributed by atoms with E-state index in [-0.39, 0.29) is 18.2 Å². The molecule has 0 saturated heterocycles. The number of anilines is 1. The molecule has 8 heteroatoms. The third-order valence-corrected chi connectivity index (χ3v) is 6.67. The second-order valence-corrected chi connectivity index (χ2v) is 9.10. The van der Waals surface area contributed by atoms with E-state index in [2.05, 4.69) is 15.6 Å². The Morgan fingerprint density at radius 2 is 1.64 bits per heavy atom. The van der Waals surface area contributed by atoms with E-state index in [4.69, 9.17) is 0 Å². The van der Waals surface area contributed by atoms with Crippen LogP contribution < -0.4 is 10.2 Å². The van der Waals surface area contributed by atoms with Crippen molar-refractivity contribution < 1.29 is 14.0 Å². The van der Waals surface area contributed by atoms with Gasteiger partial charge in [0.05, 0.1) is 5.52 Å². The number of nitrogens with one attached hydrogen (secondary N) is 1. The van der Waals surface area contributed by atoms with Crippen LogP contribution in [0, 0.1) is 5.82 Å². The van der Waals surface area contributed by atoms with Crippen LogP contribution in [-0.4, -0.2) is 32.9 Å². The van der Waals surface area contributed by atoms with Gasteiger partial charge in [0.15, 0.2) is 0 Å². The molecule has 1 heterocycles. The van der Waals surface area contributed by atoms with Crippen molar-refractivity contribution in [2.45, 2.75) is 50.7 Å². The van der Waals surface area contributed by atoms with Crippen molar-refractivity contribution in [3.8, 4) is 0 Å². The fourth-order valence-electron chi connectivity index (χ4n) is 4.89. The molecule has 0 unspecified atom stereocenters. The van der Waals surface area contributed by atoms with E-state index in [1.54, 1.807) is 42.5 Å². The normalized spacial score (nSPS) is 14.9. The first-order valence-corrected chi connectivity index (χ1v) is 12.3. The van der Waals surface area contributed by atoms with Crippen molar-refractivity contribution in [3.05, 3.63) is 90.2 Å². The van der Waals surface area contributed by atoms with E-state index in [0.29, 0.717) is 16.7 Å². The highest BCUT2D eigenvalue weighted by atomic mass is 19.1. The van der Waals surface area contributed by atoms with E-state index < -0.39 is 23.7 Å². The zero-order chi connectivity index (χ0) is 24.9. The Bertz CT molecular complexity index is 1350. The maximum atomic E-state index is 15.2. The molecule has 1 fully saturated rings. The largest absolute Gasteiger partial charge is 0.351 e. The third kappa shape index (κ3) is 4.98. The van der Waals surface area contributed by atoms with E-state index in [0.717, 1.165) is 32.1 Å². The molecule has 0 aliphatic heterocycles. The van der Waals surface area contributed by atoms with Gasteiger partial charge < -0.3 is 5.32 Å². The maximum absolute atomic E-state index is 15.2. The first-order chi connectivity index (χ1) is 17.6. The lowest BCUT2D eigenvalue weighted by Gasteiger charge is -2.33. The van der Waals surface area contributed by atoms with Gasteiger partial charge in [-0.2, -0.15) is 0 Å². The highest BCUT2D eigenvalue weighted by Crippen LogP contribution is 2.31. The number of rotatable bonds is 7. The summed E-state index contributed by atoms with van der Waals surface area (Å²) in [5, 5.41) is 11.4. The van der Waals surface area contributed by atoms with Crippen molar-refractivity contribution in [2.75, 3.05) is 4.90 Å². The van der Waals surface area contributed by atoms with E-state index in [1.165, 1.54) is 15.6 Å². The number of aromatic nitrogens is 3. The minimum absolute atomic E-state index is 0.00695. The van der Waals surface area contributed by atoms with E-state index in [1.807, 2.05) is 30.3 Å². The van der Waals surface area contributed by atoms with Crippen LogP contribution in [0.1, 0.15) is 43.7 Å². The number of hydrogen-bond donors (Lipinski definition) is 1. The highest BCUT2D eigenvalue weighted by molar-refractivity contribution is 6.01. The first-order valence-electron chi connectivity index (χ1n) is 12.3. The minimum atomic E-state index is -1.18. The predicted molar refractivity (Wildman–Crippen MR) is 136 cm³/mol. The molecule has 1 aliphatic carbocycles. The predicted octanol–water partition coefficient (Wildman–Crippen LogP) is 4.79. The Kier molecular flexibility index (Phi) is 7.02. The van der Waals surface area contributed by atoms with Gasteiger partial charge in [-0.15, -0.1) is 5.10 Å². The summed E-state index contributed by atoms with van der Waals surface area (Å²) in [6.45, 7) is -0.156. The molecular weight excluding hydrogens is 457 g/mol. The number of amides is 2. The van der Waals surface area contributed by atoms with E-state index >= 15 is 4.39 Å². The minimum Gasteiger partial charge on any atom is -0.351 e. The summed E-state index contributed by atoms with van der Waals surface area (Å²) in [4.78, 5) is 29.1. The summed E-state index contributed by atoms with van der Waals surface area (Å²) >= 11 is 0. The lowest BCUT2D eigenvalue weighted by atomic mass is 9.94. The average Bonchev–Trinajstić information content (AvgIpc) is 3.31. The van der Waals surface area contributed by atoms with Crippen LogP contribution in [0.15, 0.2) is 78.9 Å². The number of halogens is 1. The summed E-state index contributed by atoms with van der Waals surface area (Å²) in [6.07, 6.45) is 4.97. The topological polar surface area (TPSA) is 80.1 Å². The van der Waals surface area contributed by atoms with Gasteiger partial charge in [-0.3, -0.25) is 14.5 Å². The van der Waals surface area contributed by atoms with Gasteiger partial charge in [-0.25, -0.2) is 9.07 Å². The number of para-hydroxylation sites is 2. The molecule has 1 N–H and O–H groups in total. The molecule has 7 nitrogen and oxygen atoms in total. The van der Waals surface area contributed by atoms with Gasteiger partial charge in [0.2, 0.25) is 11.8 Å².